The minimum Gasteiger partial charge on any atom is -0.264 e. The van der Waals surface area contributed by atoms with Crippen LogP contribution in [-0.2, 0) is 0 Å². The molecule has 0 spiro atoms. The standard InChI is InChI=1S/C7H12N2O2/c1-7(2,3)6(4-8)5-9(10)11/h6H,5H2,1-3H3/t6-/m1/s1. The number of rotatable bonds is 2. The van der Waals surface area contributed by atoms with E-state index in [2.05, 4.69) is 0 Å². The van der Waals surface area contributed by atoms with Gasteiger partial charge in [0, 0.05) is 4.92 Å². The maximum absolute atomic E-state index is 10.1. The fraction of sp³-hybridized carbons (Fsp3) is 0.857. The van der Waals surface area contributed by atoms with Crippen molar-refractivity contribution in [3.8, 4) is 6.07 Å². The quantitative estimate of drug-likeness (QED) is 0.449. The molecule has 0 aliphatic heterocycles. The summed E-state index contributed by atoms with van der Waals surface area (Å²) in [5, 5.41) is 18.6. The van der Waals surface area contributed by atoms with Crippen LogP contribution in [0.15, 0.2) is 0 Å². The van der Waals surface area contributed by atoms with Gasteiger partial charge in [0.15, 0.2) is 0 Å². The second kappa shape index (κ2) is 3.33. The van der Waals surface area contributed by atoms with Crippen LogP contribution < -0.4 is 0 Å². The Morgan fingerprint density at radius 3 is 2.18 bits per heavy atom. The van der Waals surface area contributed by atoms with E-state index in [0.29, 0.717) is 0 Å². The lowest BCUT2D eigenvalue weighted by Gasteiger charge is -2.20. The second-order valence-corrected chi connectivity index (χ2v) is 3.56. The molecule has 0 bridgehead atoms. The van der Waals surface area contributed by atoms with Gasteiger partial charge >= 0.3 is 0 Å². The molecule has 0 fully saturated rings. The van der Waals surface area contributed by atoms with E-state index in [-0.39, 0.29) is 12.0 Å². The first kappa shape index (κ1) is 9.89. The first-order valence-corrected chi connectivity index (χ1v) is 3.39. The van der Waals surface area contributed by atoms with E-state index < -0.39 is 10.8 Å². The summed E-state index contributed by atoms with van der Waals surface area (Å²) in [5.41, 5.74) is -0.304. The molecule has 0 saturated carbocycles. The van der Waals surface area contributed by atoms with E-state index in [9.17, 15) is 10.1 Å². The zero-order chi connectivity index (χ0) is 9.07. The molecule has 0 rings (SSSR count). The number of hydrogen-bond acceptors (Lipinski definition) is 3. The Bertz CT molecular complexity index is 188. The Balaban J connectivity index is 4.22. The van der Waals surface area contributed by atoms with Crippen LogP contribution in [0.1, 0.15) is 20.8 Å². The molecule has 0 aromatic heterocycles. The Morgan fingerprint density at radius 1 is 1.64 bits per heavy atom. The van der Waals surface area contributed by atoms with Gasteiger partial charge in [-0.1, -0.05) is 20.8 Å². The highest BCUT2D eigenvalue weighted by molar-refractivity contribution is 4.90. The van der Waals surface area contributed by atoms with E-state index in [4.69, 9.17) is 5.26 Å². The predicted molar refractivity (Wildman–Crippen MR) is 40.4 cm³/mol. The van der Waals surface area contributed by atoms with Crippen molar-refractivity contribution < 1.29 is 4.92 Å². The van der Waals surface area contributed by atoms with E-state index >= 15 is 0 Å². The van der Waals surface area contributed by atoms with Crippen LogP contribution >= 0.6 is 0 Å². The lowest BCUT2D eigenvalue weighted by Crippen LogP contribution is -2.26. The molecule has 4 heteroatoms. The lowest BCUT2D eigenvalue weighted by molar-refractivity contribution is -0.488. The van der Waals surface area contributed by atoms with Crippen molar-refractivity contribution in [1.29, 1.82) is 5.26 Å². The molecule has 11 heavy (non-hydrogen) atoms. The Morgan fingerprint density at radius 2 is 2.09 bits per heavy atom. The second-order valence-electron chi connectivity index (χ2n) is 3.56. The monoisotopic (exact) mass is 156 g/mol. The maximum Gasteiger partial charge on any atom is 0.220 e. The van der Waals surface area contributed by atoms with Crippen molar-refractivity contribution in [1.82, 2.24) is 0 Å². The minimum atomic E-state index is -0.502. The molecule has 0 aromatic rings. The molecule has 0 aliphatic rings. The Hall–Kier alpha value is -1.11. The van der Waals surface area contributed by atoms with Crippen molar-refractivity contribution in [2.24, 2.45) is 11.3 Å². The smallest absolute Gasteiger partial charge is 0.220 e. The normalized spacial score (nSPS) is 13.6. The molecule has 62 valence electrons. The van der Waals surface area contributed by atoms with Crippen molar-refractivity contribution in [2.75, 3.05) is 6.54 Å². The van der Waals surface area contributed by atoms with Crippen LogP contribution in [0.3, 0.4) is 0 Å². The SMILES string of the molecule is CC(C)(C)[C@H](C#N)C[N+](=O)[O-]. The highest BCUT2D eigenvalue weighted by Gasteiger charge is 2.28. The zero-order valence-electron chi connectivity index (χ0n) is 7.00. The highest BCUT2D eigenvalue weighted by Crippen LogP contribution is 2.24. The van der Waals surface area contributed by atoms with Crippen LogP contribution in [0.25, 0.3) is 0 Å². The topological polar surface area (TPSA) is 66.9 Å². The summed E-state index contributed by atoms with van der Waals surface area (Å²) in [6.45, 7) is 5.21. The van der Waals surface area contributed by atoms with Crippen molar-refractivity contribution in [3.63, 3.8) is 0 Å². The fourth-order valence-electron chi connectivity index (χ4n) is 0.657. The van der Waals surface area contributed by atoms with Crippen molar-refractivity contribution in [2.45, 2.75) is 20.8 Å². The van der Waals surface area contributed by atoms with E-state index in [0.717, 1.165) is 0 Å². The van der Waals surface area contributed by atoms with Gasteiger partial charge in [-0.05, 0) is 5.41 Å². The van der Waals surface area contributed by atoms with Crippen LogP contribution in [0, 0.1) is 32.8 Å². The number of nitrogens with zero attached hydrogens (tertiary/aromatic N) is 2. The van der Waals surface area contributed by atoms with Crippen LogP contribution in [-0.4, -0.2) is 11.5 Å². The average molecular weight is 156 g/mol. The number of nitro groups is 1. The zero-order valence-corrected chi connectivity index (χ0v) is 7.00. The summed E-state index contributed by atoms with van der Waals surface area (Å²) < 4.78 is 0. The fourth-order valence-corrected chi connectivity index (χ4v) is 0.657. The van der Waals surface area contributed by atoms with Crippen molar-refractivity contribution >= 4 is 0 Å². The van der Waals surface area contributed by atoms with Crippen molar-refractivity contribution in [3.05, 3.63) is 10.1 Å². The third kappa shape index (κ3) is 3.56. The molecule has 0 aliphatic carbocycles. The molecule has 0 heterocycles. The first-order valence-electron chi connectivity index (χ1n) is 3.39. The summed E-state index contributed by atoms with van der Waals surface area (Å²) in [5.74, 6) is -0.502. The van der Waals surface area contributed by atoms with Gasteiger partial charge in [-0.15, -0.1) is 0 Å². The van der Waals surface area contributed by atoms with Gasteiger partial charge in [-0.2, -0.15) is 5.26 Å². The molecular weight excluding hydrogens is 144 g/mol. The van der Waals surface area contributed by atoms with E-state index in [1.807, 2.05) is 26.8 Å². The van der Waals surface area contributed by atoms with Gasteiger partial charge < -0.3 is 0 Å². The van der Waals surface area contributed by atoms with Gasteiger partial charge in [0.1, 0.15) is 5.92 Å². The average Bonchev–Trinajstić information content (AvgIpc) is 1.79. The third-order valence-electron chi connectivity index (χ3n) is 1.53. The van der Waals surface area contributed by atoms with Gasteiger partial charge in [0.2, 0.25) is 6.54 Å². The van der Waals surface area contributed by atoms with Crippen LogP contribution in [0.5, 0.6) is 0 Å². The Kier molecular flexibility index (Phi) is 2.99. The van der Waals surface area contributed by atoms with Crippen LogP contribution in [0.4, 0.5) is 0 Å². The molecule has 4 nitrogen and oxygen atoms in total. The third-order valence-corrected chi connectivity index (χ3v) is 1.53. The highest BCUT2D eigenvalue weighted by atomic mass is 16.6. The minimum absolute atomic E-state index is 0.264. The van der Waals surface area contributed by atoms with Gasteiger partial charge in [0.05, 0.1) is 6.07 Å². The summed E-state index contributed by atoms with van der Waals surface area (Å²) in [6.07, 6.45) is 0. The molecule has 0 aromatic carbocycles. The van der Waals surface area contributed by atoms with Gasteiger partial charge in [0.25, 0.3) is 0 Å². The van der Waals surface area contributed by atoms with Gasteiger partial charge in [-0.3, -0.25) is 10.1 Å². The molecule has 0 radical (unpaired) electrons. The molecule has 0 N–H and O–H groups in total. The lowest BCUT2D eigenvalue weighted by atomic mass is 9.82. The molecule has 1 atom stereocenters. The predicted octanol–water partition coefficient (Wildman–Crippen LogP) is 1.45. The first-order chi connectivity index (χ1) is 4.88. The number of nitriles is 1. The maximum atomic E-state index is 10.1. The summed E-state index contributed by atoms with van der Waals surface area (Å²) in [6, 6.07) is 1.93. The summed E-state index contributed by atoms with van der Waals surface area (Å²) in [4.78, 5) is 9.62. The van der Waals surface area contributed by atoms with Gasteiger partial charge in [-0.25, -0.2) is 0 Å². The Labute approximate surface area is 66.0 Å². The molecule has 0 saturated heterocycles. The van der Waals surface area contributed by atoms with E-state index in [1.165, 1.54) is 0 Å². The van der Waals surface area contributed by atoms with E-state index in [1.54, 1.807) is 0 Å². The molecular formula is C7H12N2O2. The number of hydrogen-bond donors (Lipinski definition) is 0. The molecule has 0 unspecified atom stereocenters. The van der Waals surface area contributed by atoms with Crippen LogP contribution in [0.2, 0.25) is 0 Å². The largest absolute Gasteiger partial charge is 0.264 e. The summed E-state index contributed by atoms with van der Waals surface area (Å²) in [7, 11) is 0. The molecule has 0 amide bonds. The summed E-state index contributed by atoms with van der Waals surface area (Å²) >= 11 is 0.